The summed E-state index contributed by atoms with van der Waals surface area (Å²) >= 11 is 0. The Morgan fingerprint density at radius 2 is 2.50 bits per heavy atom. The predicted molar refractivity (Wildman–Crippen MR) is 36.7 cm³/mol. The van der Waals surface area contributed by atoms with E-state index in [4.69, 9.17) is 5.84 Å². The van der Waals surface area contributed by atoms with E-state index in [9.17, 15) is 0 Å². The van der Waals surface area contributed by atoms with Crippen LogP contribution in [0.4, 0.5) is 0 Å². The van der Waals surface area contributed by atoms with Gasteiger partial charge in [-0.05, 0) is 6.08 Å². The number of nitrogens with two attached hydrogens (primary N) is 1. The van der Waals surface area contributed by atoms with Gasteiger partial charge >= 0.3 is 0 Å². The van der Waals surface area contributed by atoms with E-state index in [-0.39, 0.29) is 0 Å². The number of rotatable bonds is 0. The maximum absolute atomic E-state index is 5.40. The summed E-state index contributed by atoms with van der Waals surface area (Å²) < 4.78 is 0. The third-order valence-corrected chi connectivity index (χ3v) is 1.29. The molecular weight excluding hydrogens is 130 g/mol. The molecule has 52 valence electrons. The van der Waals surface area contributed by atoms with Gasteiger partial charge in [-0.15, -0.1) is 5.53 Å². The van der Waals surface area contributed by atoms with Gasteiger partial charge < -0.3 is 0 Å². The van der Waals surface area contributed by atoms with Crippen molar-refractivity contribution in [2.75, 3.05) is 0 Å². The van der Waals surface area contributed by atoms with Crippen molar-refractivity contribution >= 4 is 6.34 Å². The lowest BCUT2D eigenvalue weighted by Crippen LogP contribution is -2.43. The van der Waals surface area contributed by atoms with Crippen LogP contribution in [0.25, 0.3) is 0 Å². The van der Waals surface area contributed by atoms with Gasteiger partial charge in [0.05, 0.1) is 11.9 Å². The first-order valence-electron chi connectivity index (χ1n) is 2.87. The second kappa shape index (κ2) is 1.83. The van der Waals surface area contributed by atoms with Crippen LogP contribution in [-0.4, -0.2) is 16.5 Å². The first kappa shape index (κ1) is 5.45. The Labute approximate surface area is 58.0 Å². The van der Waals surface area contributed by atoms with Crippen molar-refractivity contribution < 1.29 is 0 Å². The Balaban J connectivity index is 2.29. The van der Waals surface area contributed by atoms with Gasteiger partial charge in [-0.25, -0.2) is 21.0 Å². The summed E-state index contributed by atoms with van der Waals surface area (Å²) in [4.78, 5) is 3.89. The Bertz CT molecular complexity index is 228. The van der Waals surface area contributed by atoms with Crippen molar-refractivity contribution in [3.63, 3.8) is 0 Å². The van der Waals surface area contributed by atoms with E-state index in [1.165, 1.54) is 5.12 Å². The topological polar surface area (TPSA) is 56.9 Å². The zero-order valence-electron chi connectivity index (χ0n) is 5.23. The molecule has 0 saturated carbocycles. The molecule has 5 heteroatoms. The minimum absolute atomic E-state index is 0.984. The van der Waals surface area contributed by atoms with Gasteiger partial charge in [0.25, 0.3) is 0 Å². The minimum Gasteiger partial charge on any atom is -0.245 e. The first-order valence-corrected chi connectivity index (χ1v) is 2.87. The third kappa shape index (κ3) is 0.687. The van der Waals surface area contributed by atoms with Crippen molar-refractivity contribution in [2.24, 2.45) is 10.8 Å². The Hall–Kier alpha value is -1.33. The van der Waals surface area contributed by atoms with Crippen LogP contribution >= 0.6 is 0 Å². The summed E-state index contributed by atoms with van der Waals surface area (Å²) in [7, 11) is 0. The third-order valence-electron chi connectivity index (χ3n) is 1.29. The zero-order valence-corrected chi connectivity index (χ0v) is 5.23. The molecule has 3 N–H and O–H groups in total. The number of hydrogen-bond donors (Lipinski definition) is 2. The van der Waals surface area contributed by atoms with Crippen LogP contribution in [0.2, 0.25) is 0 Å². The van der Waals surface area contributed by atoms with Gasteiger partial charge in [0.15, 0.2) is 0 Å². The molecule has 0 unspecified atom stereocenters. The lowest BCUT2D eigenvalue weighted by Gasteiger charge is -2.16. The van der Waals surface area contributed by atoms with Crippen molar-refractivity contribution in [2.45, 2.75) is 0 Å². The fourth-order valence-corrected chi connectivity index (χ4v) is 0.856. The van der Waals surface area contributed by atoms with E-state index < -0.39 is 0 Å². The smallest absolute Gasteiger partial charge is 0.112 e. The molecule has 0 bridgehead atoms. The highest BCUT2D eigenvalue weighted by atomic mass is 15.9. The molecule has 2 aliphatic heterocycles. The SMILES string of the molecule is NN1C=C2C=CN=CN2N1. The van der Waals surface area contributed by atoms with Crippen LogP contribution in [0.15, 0.2) is 29.2 Å². The summed E-state index contributed by atoms with van der Waals surface area (Å²) in [5.74, 6) is 5.40. The number of hydrazine groups is 3. The highest BCUT2D eigenvalue weighted by molar-refractivity contribution is 5.62. The van der Waals surface area contributed by atoms with E-state index in [1.807, 2.05) is 6.08 Å². The van der Waals surface area contributed by atoms with E-state index in [1.54, 1.807) is 23.7 Å². The standard InChI is InChI=1S/C5H7N5/c6-10-3-5-1-2-7-4-9(5)8-10/h1-4,8H,6H2. The Kier molecular flexibility index (Phi) is 0.996. The average Bonchev–Trinajstić information content (AvgIpc) is 2.27. The summed E-state index contributed by atoms with van der Waals surface area (Å²) in [6.07, 6.45) is 6.99. The number of fused-ring (bicyclic) bond motifs is 1. The molecule has 10 heavy (non-hydrogen) atoms. The van der Waals surface area contributed by atoms with Gasteiger partial charge in [-0.1, -0.05) is 0 Å². The van der Waals surface area contributed by atoms with Gasteiger partial charge in [-0.3, -0.25) is 0 Å². The number of nitrogens with zero attached hydrogens (tertiary/aromatic N) is 3. The zero-order chi connectivity index (χ0) is 6.97. The molecule has 2 aliphatic rings. The van der Waals surface area contributed by atoms with Crippen molar-refractivity contribution in [3.8, 4) is 0 Å². The molecular formula is C5H7N5. The summed E-state index contributed by atoms with van der Waals surface area (Å²) in [5, 5.41) is 3.09. The van der Waals surface area contributed by atoms with Crippen LogP contribution in [0, 0.1) is 0 Å². The van der Waals surface area contributed by atoms with Crippen LogP contribution < -0.4 is 11.4 Å². The van der Waals surface area contributed by atoms with Crippen LogP contribution in [-0.2, 0) is 0 Å². The molecule has 2 rings (SSSR count). The predicted octanol–water partition coefficient (Wildman–Crippen LogP) is -0.706. The van der Waals surface area contributed by atoms with Crippen molar-refractivity contribution in [1.29, 1.82) is 0 Å². The maximum atomic E-state index is 5.40. The molecule has 0 aromatic heterocycles. The molecule has 0 radical (unpaired) electrons. The number of aliphatic imine (C=N–C) groups is 1. The monoisotopic (exact) mass is 137 g/mol. The fourth-order valence-electron chi connectivity index (χ4n) is 0.856. The Morgan fingerprint density at radius 1 is 1.60 bits per heavy atom. The van der Waals surface area contributed by atoms with Crippen LogP contribution in [0.5, 0.6) is 0 Å². The van der Waals surface area contributed by atoms with E-state index in [2.05, 4.69) is 10.5 Å². The molecule has 0 aromatic carbocycles. The first-order chi connectivity index (χ1) is 4.86. The van der Waals surface area contributed by atoms with Gasteiger partial charge in [0.1, 0.15) is 6.34 Å². The average molecular weight is 137 g/mol. The highest BCUT2D eigenvalue weighted by Crippen LogP contribution is 2.10. The molecule has 2 heterocycles. The van der Waals surface area contributed by atoms with Gasteiger partial charge in [0, 0.05) is 6.20 Å². The molecule has 0 amide bonds. The molecule has 0 aromatic rings. The number of allylic oxidation sites excluding steroid dienone is 1. The number of nitrogens with one attached hydrogen (secondary N) is 1. The quantitative estimate of drug-likeness (QED) is 0.433. The van der Waals surface area contributed by atoms with Gasteiger partial charge in [-0.2, -0.15) is 0 Å². The minimum atomic E-state index is 0.984. The Morgan fingerprint density at radius 3 is 3.30 bits per heavy atom. The number of hydrogen-bond acceptors (Lipinski definition) is 5. The second-order valence-electron chi connectivity index (χ2n) is 2.01. The molecule has 0 atom stereocenters. The normalized spacial score (nSPS) is 21.5. The van der Waals surface area contributed by atoms with Crippen LogP contribution in [0.3, 0.4) is 0 Å². The van der Waals surface area contributed by atoms with Crippen molar-refractivity contribution in [1.82, 2.24) is 15.7 Å². The second-order valence-corrected chi connectivity index (χ2v) is 2.01. The molecule has 0 fully saturated rings. The molecule has 0 spiro atoms. The fraction of sp³-hybridized carbons (Fsp3) is 0. The lowest BCUT2D eigenvalue weighted by molar-refractivity contribution is 0.199. The summed E-state index contributed by atoms with van der Waals surface area (Å²) in [6, 6.07) is 0. The summed E-state index contributed by atoms with van der Waals surface area (Å²) in [5.41, 5.74) is 3.79. The van der Waals surface area contributed by atoms with E-state index >= 15 is 0 Å². The van der Waals surface area contributed by atoms with Crippen molar-refractivity contribution in [3.05, 3.63) is 24.2 Å². The lowest BCUT2D eigenvalue weighted by atomic mass is 10.4. The van der Waals surface area contributed by atoms with Gasteiger partial charge in [0.2, 0.25) is 0 Å². The molecule has 0 saturated heterocycles. The van der Waals surface area contributed by atoms with Crippen LogP contribution in [0.1, 0.15) is 0 Å². The van der Waals surface area contributed by atoms with E-state index in [0.717, 1.165) is 5.70 Å². The largest absolute Gasteiger partial charge is 0.245 e. The van der Waals surface area contributed by atoms with E-state index in [0.29, 0.717) is 0 Å². The summed E-state index contributed by atoms with van der Waals surface area (Å²) in [6.45, 7) is 0. The molecule has 0 aliphatic carbocycles. The highest BCUT2D eigenvalue weighted by Gasteiger charge is 2.15. The molecule has 5 nitrogen and oxygen atoms in total. The maximum Gasteiger partial charge on any atom is 0.112 e.